The predicted molar refractivity (Wildman–Crippen MR) is 156 cm³/mol. The number of aliphatic hydroxyl groups excluding tert-OH is 1. The van der Waals surface area contributed by atoms with Crippen LogP contribution in [0.2, 0.25) is 13.3 Å². The van der Waals surface area contributed by atoms with Gasteiger partial charge in [0.05, 0.1) is 0 Å². The van der Waals surface area contributed by atoms with Crippen molar-refractivity contribution >= 4 is 24.2 Å². The molecule has 2 unspecified atom stereocenters. The first kappa shape index (κ1) is 29.0. The summed E-state index contributed by atoms with van der Waals surface area (Å²) in [6.45, 7) is 12.2. The van der Waals surface area contributed by atoms with E-state index in [1.807, 2.05) is 0 Å². The van der Waals surface area contributed by atoms with Gasteiger partial charge in [0.25, 0.3) is 0 Å². The fourth-order valence-electron chi connectivity index (χ4n) is 10.0. The number of unbranched alkanes of at least 4 members (excludes halogenated alkanes) is 3. The first-order valence-electron chi connectivity index (χ1n) is 16.2. The Morgan fingerprint density at radius 1 is 0.861 bits per heavy atom. The van der Waals surface area contributed by atoms with Crippen molar-refractivity contribution in [2.75, 3.05) is 0 Å². The summed E-state index contributed by atoms with van der Waals surface area (Å²) in [4.78, 5) is 12.3. The summed E-state index contributed by atoms with van der Waals surface area (Å²) < 4.78 is 5.08. The van der Waals surface area contributed by atoms with Gasteiger partial charge in [0, 0.05) is 0 Å². The Hall–Kier alpha value is 0.00870. The number of rotatable bonds is 11. The van der Waals surface area contributed by atoms with Gasteiger partial charge in [-0.2, -0.15) is 0 Å². The molecule has 0 aliphatic heterocycles. The van der Waals surface area contributed by atoms with E-state index in [1.165, 1.54) is 90.4 Å². The second kappa shape index (κ2) is 12.0. The molecule has 4 aliphatic carbocycles. The summed E-state index contributed by atoms with van der Waals surface area (Å²) in [5.74, 6) is 4.27. The fraction of sp³-hybridized carbons (Fsp3) is 0.909. The Morgan fingerprint density at radius 3 is 2.08 bits per heavy atom. The van der Waals surface area contributed by atoms with Crippen LogP contribution in [0.5, 0.6) is 0 Å². The normalized spacial score (nSPS) is 39.0. The number of aliphatic hydroxyl groups is 1. The SMILES string of the molecule is CCC[CH2][Sn]([CH2]CCC)([CH2]CCC)[C](O)=CC1CC[C@H]2[C@@H]3CCC4CC(=O)CC[C@]4(C)[C@@H]3CC[C@]12C. The summed E-state index contributed by atoms with van der Waals surface area (Å²) in [6.07, 6.45) is 21.1. The average molecular weight is 606 g/mol. The summed E-state index contributed by atoms with van der Waals surface area (Å²) in [6, 6.07) is 0. The molecule has 4 aliphatic rings. The van der Waals surface area contributed by atoms with Crippen LogP contribution in [0, 0.1) is 40.4 Å². The first-order valence-corrected chi connectivity index (χ1v) is 23.6. The number of ketones is 1. The van der Waals surface area contributed by atoms with Crippen molar-refractivity contribution in [3.8, 4) is 0 Å². The minimum atomic E-state index is -2.74. The zero-order chi connectivity index (χ0) is 26.0. The van der Waals surface area contributed by atoms with Crippen LogP contribution in [0.1, 0.15) is 131 Å². The van der Waals surface area contributed by atoms with E-state index in [2.05, 4.69) is 40.7 Å². The Labute approximate surface area is 227 Å². The van der Waals surface area contributed by atoms with Crippen LogP contribution in [0.3, 0.4) is 0 Å². The fourth-order valence-corrected chi connectivity index (χ4v) is 24.8. The van der Waals surface area contributed by atoms with Crippen molar-refractivity contribution in [3.63, 3.8) is 0 Å². The van der Waals surface area contributed by atoms with Gasteiger partial charge in [0.1, 0.15) is 0 Å². The van der Waals surface area contributed by atoms with Crippen LogP contribution in [0.25, 0.3) is 0 Å². The second-order valence-electron chi connectivity index (χ2n) is 14.3. The molecule has 7 atom stereocenters. The molecule has 0 bridgehead atoms. The van der Waals surface area contributed by atoms with Crippen LogP contribution < -0.4 is 0 Å². The van der Waals surface area contributed by atoms with Gasteiger partial charge in [0.2, 0.25) is 0 Å². The third-order valence-electron chi connectivity index (χ3n) is 12.5. The van der Waals surface area contributed by atoms with Crippen molar-refractivity contribution in [1.29, 1.82) is 0 Å². The molecular weight excluding hydrogens is 547 g/mol. The van der Waals surface area contributed by atoms with Gasteiger partial charge in [0.15, 0.2) is 0 Å². The van der Waals surface area contributed by atoms with Crippen LogP contribution in [-0.4, -0.2) is 29.3 Å². The summed E-state index contributed by atoms with van der Waals surface area (Å²) in [7, 11) is 0. The van der Waals surface area contributed by atoms with E-state index >= 15 is 0 Å². The number of carbonyl (C=O) groups is 1. The van der Waals surface area contributed by atoms with Gasteiger partial charge in [-0.05, 0) is 0 Å². The molecule has 0 saturated heterocycles. The molecule has 36 heavy (non-hydrogen) atoms. The molecule has 0 heterocycles. The van der Waals surface area contributed by atoms with Crippen molar-refractivity contribution in [3.05, 3.63) is 9.85 Å². The van der Waals surface area contributed by atoms with E-state index in [0.29, 0.717) is 28.4 Å². The summed E-state index contributed by atoms with van der Waals surface area (Å²) >= 11 is -2.74. The Kier molecular flexibility index (Phi) is 9.69. The number of hydrogen-bond acceptors (Lipinski definition) is 2. The first-order chi connectivity index (χ1) is 17.2. The Balaban J connectivity index is 1.56. The molecule has 0 spiro atoms. The van der Waals surface area contributed by atoms with E-state index in [4.69, 9.17) is 0 Å². The van der Waals surface area contributed by atoms with Crippen LogP contribution in [0.4, 0.5) is 0 Å². The molecule has 0 aromatic heterocycles. The van der Waals surface area contributed by atoms with Crippen molar-refractivity contribution < 1.29 is 9.90 Å². The summed E-state index contributed by atoms with van der Waals surface area (Å²) in [5.41, 5.74) is 0.779. The third-order valence-corrected chi connectivity index (χ3v) is 27.3. The maximum absolute atomic E-state index is 12.3. The van der Waals surface area contributed by atoms with Gasteiger partial charge in [-0.3, -0.25) is 0 Å². The van der Waals surface area contributed by atoms with Gasteiger partial charge in [-0.15, -0.1) is 0 Å². The molecule has 2 nitrogen and oxygen atoms in total. The van der Waals surface area contributed by atoms with Crippen LogP contribution in [0.15, 0.2) is 9.85 Å². The zero-order valence-electron chi connectivity index (χ0n) is 24.5. The standard InChI is InChI=1S/C21H31O2.3C4H9.Sn/c1-20-11-8-19-17(18(20)6-4-14(20)9-12-22)5-3-15-13-16(23)7-10-21(15,19)2;3*1-3-4-2;/h9,14-15,17-19,22H,3-8,10-11,13H2,1-2H3;3*1,3-4H2,2H3;/t14?,15?,17-,18-,19+,20+,21-;;;;/m0..../s1. The quantitative estimate of drug-likeness (QED) is 0.188. The molecule has 0 radical (unpaired) electrons. The molecule has 4 fully saturated rings. The molecule has 4 saturated carbocycles. The number of carbonyl (C=O) groups excluding carboxylic acids is 1. The average Bonchev–Trinajstić information content (AvgIpc) is 3.20. The number of fused-ring (bicyclic) bond motifs is 5. The predicted octanol–water partition coefficient (Wildman–Crippen LogP) is 10.0. The number of Topliss-reactive ketones (excluding diaryl/α,β-unsaturated/α-hetero) is 1. The van der Waals surface area contributed by atoms with E-state index < -0.39 is 18.4 Å². The molecule has 4 rings (SSSR count). The number of allylic oxidation sites excluding steroid dienone is 1. The third kappa shape index (κ3) is 5.38. The molecule has 0 amide bonds. The Morgan fingerprint density at radius 2 is 1.47 bits per heavy atom. The molecule has 1 N–H and O–H groups in total. The van der Waals surface area contributed by atoms with Crippen LogP contribution >= 0.6 is 0 Å². The second-order valence-corrected chi connectivity index (χ2v) is 27.3. The molecular formula is C33H58O2Sn. The van der Waals surface area contributed by atoms with E-state index in [0.717, 1.165) is 40.8 Å². The number of hydrogen-bond donors (Lipinski definition) is 1. The van der Waals surface area contributed by atoms with Gasteiger partial charge < -0.3 is 0 Å². The minimum absolute atomic E-state index is 0.376. The molecule has 206 valence electrons. The summed E-state index contributed by atoms with van der Waals surface area (Å²) in [5, 5.41) is 12.0. The Bertz CT molecular complexity index is 767. The molecule has 0 aromatic carbocycles. The molecule has 3 heteroatoms. The van der Waals surface area contributed by atoms with Crippen molar-refractivity contribution in [1.82, 2.24) is 0 Å². The van der Waals surface area contributed by atoms with Crippen molar-refractivity contribution in [2.24, 2.45) is 40.4 Å². The van der Waals surface area contributed by atoms with Crippen molar-refractivity contribution in [2.45, 2.75) is 144 Å². The molecule has 0 aromatic rings. The van der Waals surface area contributed by atoms with Gasteiger partial charge in [-0.25, -0.2) is 0 Å². The van der Waals surface area contributed by atoms with E-state index in [9.17, 15) is 9.90 Å². The zero-order valence-corrected chi connectivity index (χ0v) is 27.4. The van der Waals surface area contributed by atoms with E-state index in [-0.39, 0.29) is 0 Å². The van der Waals surface area contributed by atoms with Crippen LogP contribution in [-0.2, 0) is 4.79 Å². The maximum atomic E-state index is 12.3. The monoisotopic (exact) mass is 606 g/mol. The van der Waals surface area contributed by atoms with Gasteiger partial charge >= 0.3 is 229 Å². The van der Waals surface area contributed by atoms with Gasteiger partial charge in [-0.1, -0.05) is 0 Å². The topological polar surface area (TPSA) is 37.3 Å². The van der Waals surface area contributed by atoms with E-state index in [1.54, 1.807) is 0 Å².